The minimum atomic E-state index is -0.975. The van der Waals surface area contributed by atoms with E-state index in [1.54, 1.807) is 37.1 Å². The van der Waals surface area contributed by atoms with Gasteiger partial charge in [-0.25, -0.2) is 4.79 Å². The number of aromatic nitrogens is 1. The number of fused-ring (bicyclic) bond motifs is 3. The number of aryl methyl sites for hydroxylation is 1. The van der Waals surface area contributed by atoms with Crippen LogP contribution in [0, 0.1) is 16.7 Å². The van der Waals surface area contributed by atoms with Gasteiger partial charge in [0.15, 0.2) is 0 Å². The van der Waals surface area contributed by atoms with Gasteiger partial charge in [-0.3, -0.25) is 33.3 Å². The van der Waals surface area contributed by atoms with Crippen LogP contribution in [-0.2, 0) is 59.4 Å². The molecule has 4 aromatic carbocycles. The molecule has 8 rings (SSSR count). The first-order valence-electron chi connectivity index (χ1n) is 29.1. The van der Waals surface area contributed by atoms with Crippen molar-refractivity contribution in [3.8, 4) is 0 Å². The standard InChI is InChI=1S/C65H85N9O8/c1-12-40(2)57(75)69-55(64(4,5)6)61(79)73-37-47-25-17-16-24-45(47)34-53(73)60(78)72(54(39-82-11)44-22-14-13-15-23-44)36-42-29-30-51-46(33-42)31-32-71(51)63(81)67-48-35-52(59(77)68-50-28-20-26-43-21-18-19-27-49(43)50)74(38-48)62(80)56(65(7,8)9)70-58(76)41(3)66-10/h13-19,21-25,27,29-33,40-41,48,50,52-56,66H,12,20,26,28,34-39H2,1-11H3,(H,67,81)(H,68,77)(H,69,75)(H,70,76)/t40-,41+,48+,50-,52+,53+,54+,55-,56-/m1/s1. The molecule has 438 valence electrons. The van der Waals surface area contributed by atoms with Gasteiger partial charge in [-0.2, -0.15) is 0 Å². The first-order chi connectivity index (χ1) is 39.0. The average Bonchev–Trinajstić information content (AvgIpc) is 4.20. The predicted molar refractivity (Wildman–Crippen MR) is 317 cm³/mol. The predicted octanol–water partition coefficient (Wildman–Crippen LogP) is 7.75. The van der Waals surface area contributed by atoms with E-state index in [1.807, 2.05) is 152 Å². The van der Waals surface area contributed by atoms with Gasteiger partial charge in [-0.05, 0) is 108 Å². The van der Waals surface area contributed by atoms with E-state index in [2.05, 4.69) is 32.7 Å². The Bertz CT molecular complexity index is 3130. The van der Waals surface area contributed by atoms with Crippen LogP contribution >= 0.6 is 0 Å². The van der Waals surface area contributed by atoms with Gasteiger partial charge in [0.25, 0.3) is 0 Å². The normalized spacial score (nSPS) is 19.8. The Morgan fingerprint density at radius 2 is 1.37 bits per heavy atom. The van der Waals surface area contributed by atoms with E-state index in [1.165, 1.54) is 15.0 Å². The van der Waals surface area contributed by atoms with Crippen molar-refractivity contribution in [1.29, 1.82) is 0 Å². The van der Waals surface area contributed by atoms with E-state index in [4.69, 9.17) is 4.74 Å². The van der Waals surface area contributed by atoms with Gasteiger partial charge in [0, 0.05) is 50.7 Å². The third kappa shape index (κ3) is 13.6. The van der Waals surface area contributed by atoms with Crippen molar-refractivity contribution in [1.82, 2.24) is 45.9 Å². The molecule has 0 spiro atoms. The molecule has 5 aromatic rings. The van der Waals surface area contributed by atoms with Gasteiger partial charge in [-0.1, -0.05) is 140 Å². The Morgan fingerprint density at radius 1 is 0.732 bits per heavy atom. The maximum atomic E-state index is 15.8. The third-order valence-electron chi connectivity index (χ3n) is 16.9. The zero-order chi connectivity index (χ0) is 59.2. The number of carbonyl (C=O) groups excluding carboxylic acids is 7. The van der Waals surface area contributed by atoms with Crippen molar-refractivity contribution >= 4 is 52.4 Å². The van der Waals surface area contributed by atoms with E-state index in [0.717, 1.165) is 52.5 Å². The Balaban J connectivity index is 1.08. The molecule has 2 aliphatic heterocycles. The molecule has 1 saturated heterocycles. The van der Waals surface area contributed by atoms with Crippen LogP contribution in [0.25, 0.3) is 10.9 Å². The highest BCUT2D eigenvalue weighted by molar-refractivity contribution is 5.96. The summed E-state index contributed by atoms with van der Waals surface area (Å²) >= 11 is 0. The van der Waals surface area contributed by atoms with Crippen LogP contribution in [0.1, 0.15) is 133 Å². The lowest BCUT2D eigenvalue weighted by Gasteiger charge is -2.44. The number of ether oxygens (including phenoxy) is 1. The zero-order valence-electron chi connectivity index (χ0n) is 49.7. The molecule has 0 unspecified atom stereocenters. The van der Waals surface area contributed by atoms with Crippen molar-refractivity contribution in [2.24, 2.45) is 16.7 Å². The summed E-state index contributed by atoms with van der Waals surface area (Å²) < 4.78 is 7.37. The SMILES string of the molecule is CC[C@@H](C)C(=O)N[C@H](C(=O)N1Cc2ccccc2C[C@H]1C(=O)N(Cc1ccc2c(ccn2C(=O)N[C@H]2C[C@@H](C(=O)N[C@@H]3CCCc4ccccc43)N(C(=O)[C@@H](NC(=O)[C@H](C)NC)C(C)(C)C)C2)c1)[C@@H](COC)c1ccccc1)C(C)(C)C. The highest BCUT2D eigenvalue weighted by Crippen LogP contribution is 2.35. The maximum absolute atomic E-state index is 15.8. The number of methoxy groups -OCH3 is 1. The lowest BCUT2D eigenvalue weighted by atomic mass is 9.83. The van der Waals surface area contributed by atoms with E-state index in [0.29, 0.717) is 11.9 Å². The molecule has 7 amide bonds. The number of carbonyl (C=O) groups is 7. The molecule has 1 aliphatic carbocycles. The summed E-state index contributed by atoms with van der Waals surface area (Å²) in [5.41, 5.74) is 4.92. The summed E-state index contributed by atoms with van der Waals surface area (Å²) in [5.74, 6) is -2.24. The number of nitrogens with one attached hydrogen (secondary N) is 5. The smallest absolute Gasteiger partial charge is 0.326 e. The van der Waals surface area contributed by atoms with Crippen LogP contribution in [0.5, 0.6) is 0 Å². The monoisotopic (exact) mass is 1120 g/mol. The zero-order valence-corrected chi connectivity index (χ0v) is 49.7. The minimum absolute atomic E-state index is 0.0321. The molecule has 1 fully saturated rings. The molecule has 0 saturated carbocycles. The van der Waals surface area contributed by atoms with Crippen molar-refractivity contribution in [3.05, 3.63) is 143 Å². The number of amides is 7. The Hall–Kier alpha value is -7.37. The maximum Gasteiger partial charge on any atom is 0.326 e. The van der Waals surface area contributed by atoms with Gasteiger partial charge >= 0.3 is 6.03 Å². The molecule has 0 radical (unpaired) electrons. The summed E-state index contributed by atoms with van der Waals surface area (Å²) in [6, 6.07) is 26.9. The molecule has 82 heavy (non-hydrogen) atoms. The van der Waals surface area contributed by atoms with Gasteiger partial charge in [0.2, 0.25) is 35.4 Å². The molecule has 17 heteroatoms. The van der Waals surface area contributed by atoms with Crippen molar-refractivity contribution in [3.63, 3.8) is 0 Å². The number of likely N-dealkylation sites (N-methyl/N-ethyl adjacent to an activating group) is 1. The number of rotatable bonds is 18. The quantitative estimate of drug-likeness (QED) is 0.0582. The summed E-state index contributed by atoms with van der Waals surface area (Å²) in [6.07, 6.45) is 5.25. The number of hydrogen-bond donors (Lipinski definition) is 5. The fourth-order valence-electron chi connectivity index (χ4n) is 11.7. The van der Waals surface area contributed by atoms with Gasteiger partial charge in [-0.15, -0.1) is 0 Å². The second kappa shape index (κ2) is 25.8. The molecule has 5 N–H and O–H groups in total. The summed E-state index contributed by atoms with van der Waals surface area (Å²) in [7, 11) is 3.27. The van der Waals surface area contributed by atoms with Crippen molar-refractivity contribution in [2.75, 3.05) is 27.3 Å². The first kappa shape index (κ1) is 60.7. The van der Waals surface area contributed by atoms with E-state index >= 15 is 9.59 Å². The second-order valence-corrected chi connectivity index (χ2v) is 24.9. The topological polar surface area (TPSA) is 204 Å². The average molecular weight is 1120 g/mol. The number of likely N-dealkylation sites (tertiary alicyclic amines) is 1. The number of nitrogens with zero attached hydrogens (tertiary/aromatic N) is 4. The minimum Gasteiger partial charge on any atom is -0.382 e. The Kier molecular flexibility index (Phi) is 19.1. The first-order valence-corrected chi connectivity index (χ1v) is 29.1. The van der Waals surface area contributed by atoms with Crippen LogP contribution in [0.2, 0.25) is 0 Å². The van der Waals surface area contributed by atoms with Crippen LogP contribution < -0.4 is 26.6 Å². The Labute approximate surface area is 483 Å². The molecule has 3 heterocycles. The number of benzene rings is 4. The third-order valence-corrected chi connectivity index (χ3v) is 16.9. The summed E-state index contributed by atoms with van der Waals surface area (Å²) in [4.78, 5) is 107. The van der Waals surface area contributed by atoms with Crippen molar-refractivity contribution in [2.45, 2.75) is 162 Å². The number of hydrogen-bond acceptors (Lipinski definition) is 9. The second-order valence-electron chi connectivity index (χ2n) is 24.9. The molecular formula is C65H85N9O8. The molecular weight excluding hydrogens is 1030 g/mol. The molecule has 9 atom stereocenters. The fourth-order valence-corrected chi connectivity index (χ4v) is 11.7. The molecule has 1 aromatic heterocycles. The summed E-state index contributed by atoms with van der Waals surface area (Å²) in [6.45, 7) is 17.3. The van der Waals surface area contributed by atoms with Crippen LogP contribution in [-0.4, -0.2) is 124 Å². The van der Waals surface area contributed by atoms with Crippen LogP contribution in [0.4, 0.5) is 4.79 Å². The lowest BCUT2D eigenvalue weighted by molar-refractivity contribution is -0.153. The van der Waals surface area contributed by atoms with Gasteiger partial charge < -0.3 is 46.0 Å². The molecule has 0 bridgehead atoms. The van der Waals surface area contributed by atoms with E-state index in [-0.39, 0.29) is 80.6 Å². The van der Waals surface area contributed by atoms with E-state index in [9.17, 15) is 24.0 Å². The highest BCUT2D eigenvalue weighted by atomic mass is 16.5. The largest absolute Gasteiger partial charge is 0.382 e. The van der Waals surface area contributed by atoms with Crippen LogP contribution in [0.15, 0.2) is 109 Å². The molecule has 3 aliphatic rings. The molecule has 17 nitrogen and oxygen atoms in total. The summed E-state index contributed by atoms with van der Waals surface area (Å²) in [5, 5.41) is 16.1. The van der Waals surface area contributed by atoms with Gasteiger partial charge in [0.1, 0.15) is 24.2 Å². The van der Waals surface area contributed by atoms with Gasteiger partial charge in [0.05, 0.1) is 36.3 Å². The van der Waals surface area contributed by atoms with E-state index < -0.39 is 65.1 Å². The highest BCUT2D eigenvalue weighted by Gasteiger charge is 2.47. The Morgan fingerprint density at radius 3 is 2.02 bits per heavy atom. The fraction of sp³-hybridized carbons (Fsp3) is 0.492. The van der Waals surface area contributed by atoms with Crippen molar-refractivity contribution < 1.29 is 38.3 Å². The lowest BCUT2D eigenvalue weighted by Crippen LogP contribution is -2.61. The van der Waals surface area contributed by atoms with Crippen LogP contribution in [0.3, 0.4) is 0 Å².